The molecule has 0 spiro atoms. The van der Waals surface area contributed by atoms with Crippen molar-refractivity contribution < 1.29 is 4.21 Å². The van der Waals surface area contributed by atoms with Crippen LogP contribution in [0.5, 0.6) is 0 Å². The number of pyridine rings is 1. The predicted molar refractivity (Wildman–Crippen MR) is 41.2 cm³/mol. The summed E-state index contributed by atoms with van der Waals surface area (Å²) in [7, 11) is -0.830. The zero-order chi connectivity index (χ0) is 7.40. The number of hydrogen-bond acceptors (Lipinski definition) is 2. The third-order valence-electron chi connectivity index (χ3n) is 1.17. The van der Waals surface area contributed by atoms with E-state index in [-0.39, 0.29) is 0 Å². The van der Waals surface area contributed by atoms with Gasteiger partial charge >= 0.3 is 0 Å². The maximum atomic E-state index is 11.1. The summed E-state index contributed by atoms with van der Waals surface area (Å²) in [4.78, 5) is 4.69. The quantitative estimate of drug-likeness (QED) is 0.642. The van der Waals surface area contributed by atoms with E-state index in [4.69, 9.17) is 0 Å². The molecule has 1 aromatic rings. The molecule has 0 N–H and O–H groups in total. The molecular weight excluding hydrogens is 146 g/mol. The van der Waals surface area contributed by atoms with Crippen molar-refractivity contribution in [2.24, 2.45) is 0 Å². The molecule has 0 bridgehead atoms. The van der Waals surface area contributed by atoms with Crippen molar-refractivity contribution in [3.05, 3.63) is 24.5 Å². The van der Waals surface area contributed by atoms with Gasteiger partial charge in [-0.2, -0.15) is 0 Å². The molecule has 0 saturated heterocycles. The second kappa shape index (κ2) is 3.46. The molecule has 0 unspecified atom stereocenters. The van der Waals surface area contributed by atoms with Crippen LogP contribution in [0.25, 0.3) is 0 Å². The summed E-state index contributed by atoms with van der Waals surface area (Å²) < 4.78 is 11.1. The molecule has 0 radical (unpaired) electrons. The Hall–Kier alpha value is -0.700. The Morgan fingerprint density at radius 2 is 2.10 bits per heavy atom. The minimum absolute atomic E-state index is 0.671. The van der Waals surface area contributed by atoms with Crippen molar-refractivity contribution in [1.29, 1.82) is 0 Å². The lowest BCUT2D eigenvalue weighted by Crippen LogP contribution is -1.92. The predicted octanol–water partition coefficient (Wildman–Crippen LogP) is 1.21. The van der Waals surface area contributed by atoms with Crippen molar-refractivity contribution >= 4 is 10.8 Å². The van der Waals surface area contributed by atoms with Crippen LogP contribution in [0.3, 0.4) is 0 Å². The molecule has 0 amide bonds. The van der Waals surface area contributed by atoms with Gasteiger partial charge in [-0.25, -0.2) is 0 Å². The van der Waals surface area contributed by atoms with Crippen molar-refractivity contribution in [2.75, 3.05) is 5.75 Å². The number of nitrogens with zero attached hydrogens (tertiary/aromatic N) is 1. The van der Waals surface area contributed by atoms with E-state index in [9.17, 15) is 4.21 Å². The number of aromatic nitrogens is 1. The van der Waals surface area contributed by atoms with E-state index < -0.39 is 10.8 Å². The Bertz CT molecular complexity index is 222. The fourth-order valence-electron chi connectivity index (χ4n) is 0.657. The van der Waals surface area contributed by atoms with Crippen molar-refractivity contribution in [2.45, 2.75) is 11.8 Å². The van der Waals surface area contributed by atoms with Gasteiger partial charge in [0.25, 0.3) is 0 Å². The number of hydrogen-bond donors (Lipinski definition) is 0. The van der Waals surface area contributed by atoms with Gasteiger partial charge < -0.3 is 0 Å². The summed E-state index contributed by atoms with van der Waals surface area (Å²) >= 11 is 0. The molecule has 1 atom stereocenters. The van der Waals surface area contributed by atoms with Gasteiger partial charge in [-0.05, 0) is 12.1 Å². The molecule has 54 valence electrons. The van der Waals surface area contributed by atoms with Gasteiger partial charge in [0.05, 0.1) is 10.8 Å². The lowest BCUT2D eigenvalue weighted by Gasteiger charge is -1.94. The monoisotopic (exact) mass is 155 g/mol. The highest BCUT2D eigenvalue weighted by atomic mass is 32.2. The second-order valence-corrected chi connectivity index (χ2v) is 3.56. The highest BCUT2D eigenvalue weighted by Crippen LogP contribution is 2.02. The molecule has 10 heavy (non-hydrogen) atoms. The lowest BCUT2D eigenvalue weighted by molar-refractivity contribution is 0.683. The third-order valence-corrected chi connectivity index (χ3v) is 2.50. The first-order valence-corrected chi connectivity index (χ1v) is 4.45. The first-order valence-electron chi connectivity index (χ1n) is 3.13. The highest BCUT2D eigenvalue weighted by Gasteiger charge is 1.96. The van der Waals surface area contributed by atoms with E-state index in [2.05, 4.69) is 4.98 Å². The Balaban J connectivity index is 2.85. The molecule has 1 aromatic heterocycles. The van der Waals surface area contributed by atoms with Crippen LogP contribution in [-0.2, 0) is 10.8 Å². The Morgan fingerprint density at radius 1 is 1.50 bits per heavy atom. The Morgan fingerprint density at radius 3 is 2.60 bits per heavy atom. The topological polar surface area (TPSA) is 30.0 Å². The van der Waals surface area contributed by atoms with E-state index >= 15 is 0 Å². The summed E-state index contributed by atoms with van der Waals surface area (Å²) in [5.74, 6) is 0.671. The minimum Gasteiger partial charge on any atom is -0.265 e. The molecule has 0 aliphatic rings. The summed E-state index contributed by atoms with van der Waals surface area (Å²) in [5, 5.41) is 0. The van der Waals surface area contributed by atoms with Gasteiger partial charge in [0.1, 0.15) is 0 Å². The molecule has 0 aliphatic carbocycles. The molecule has 2 nitrogen and oxygen atoms in total. The standard InChI is InChI=1S/C7H9NOS/c1-2-10(9)7-3-5-8-6-4-7/h3-6H,2H2,1H3/t10-/m0/s1. The van der Waals surface area contributed by atoms with Gasteiger partial charge in [-0.3, -0.25) is 9.19 Å². The highest BCUT2D eigenvalue weighted by molar-refractivity contribution is 7.85. The third kappa shape index (κ3) is 1.64. The van der Waals surface area contributed by atoms with Gasteiger partial charge in [-0.1, -0.05) is 6.92 Å². The molecule has 0 aromatic carbocycles. The minimum atomic E-state index is -0.830. The van der Waals surface area contributed by atoms with E-state index in [1.54, 1.807) is 24.5 Å². The fraction of sp³-hybridized carbons (Fsp3) is 0.286. The second-order valence-electron chi connectivity index (χ2n) is 1.82. The molecule has 0 saturated carbocycles. The molecular formula is C7H9NOS. The zero-order valence-corrected chi connectivity index (χ0v) is 6.60. The van der Waals surface area contributed by atoms with E-state index in [0.717, 1.165) is 4.90 Å². The molecule has 1 heterocycles. The summed E-state index contributed by atoms with van der Waals surface area (Å²) in [6.07, 6.45) is 3.31. The number of rotatable bonds is 2. The fourth-order valence-corrected chi connectivity index (χ4v) is 1.42. The Labute approximate surface area is 62.8 Å². The lowest BCUT2D eigenvalue weighted by atomic mass is 10.5. The van der Waals surface area contributed by atoms with Crippen LogP contribution in [0.15, 0.2) is 29.4 Å². The maximum Gasteiger partial charge on any atom is 0.0527 e. The molecule has 0 fully saturated rings. The first kappa shape index (κ1) is 7.41. The van der Waals surface area contributed by atoms with E-state index in [1.807, 2.05) is 6.92 Å². The van der Waals surface area contributed by atoms with Crippen LogP contribution >= 0.6 is 0 Å². The molecule has 1 rings (SSSR count). The Kier molecular flexibility index (Phi) is 2.57. The van der Waals surface area contributed by atoms with Gasteiger partial charge in [0, 0.05) is 23.0 Å². The molecule has 0 aliphatic heterocycles. The largest absolute Gasteiger partial charge is 0.265 e. The van der Waals surface area contributed by atoms with Gasteiger partial charge in [-0.15, -0.1) is 0 Å². The summed E-state index contributed by atoms with van der Waals surface area (Å²) in [6.45, 7) is 1.90. The van der Waals surface area contributed by atoms with Crippen molar-refractivity contribution in [3.63, 3.8) is 0 Å². The van der Waals surface area contributed by atoms with Crippen LogP contribution in [-0.4, -0.2) is 14.9 Å². The maximum absolute atomic E-state index is 11.1. The van der Waals surface area contributed by atoms with Gasteiger partial charge in [0.15, 0.2) is 0 Å². The summed E-state index contributed by atoms with van der Waals surface area (Å²) in [5.41, 5.74) is 0. The van der Waals surface area contributed by atoms with Crippen molar-refractivity contribution in [1.82, 2.24) is 4.98 Å². The average Bonchev–Trinajstić information content (AvgIpc) is 2.05. The first-order chi connectivity index (χ1) is 4.84. The van der Waals surface area contributed by atoms with Crippen LogP contribution < -0.4 is 0 Å². The SMILES string of the molecule is CC[S@](=O)c1ccncc1. The van der Waals surface area contributed by atoms with Crippen LogP contribution in [0.2, 0.25) is 0 Å². The zero-order valence-electron chi connectivity index (χ0n) is 5.78. The van der Waals surface area contributed by atoms with Gasteiger partial charge in [0.2, 0.25) is 0 Å². The smallest absolute Gasteiger partial charge is 0.0527 e. The normalized spacial score (nSPS) is 12.9. The average molecular weight is 155 g/mol. The van der Waals surface area contributed by atoms with Crippen LogP contribution in [0.1, 0.15) is 6.92 Å². The van der Waals surface area contributed by atoms with E-state index in [1.165, 1.54) is 0 Å². The van der Waals surface area contributed by atoms with Crippen LogP contribution in [0.4, 0.5) is 0 Å². The summed E-state index contributed by atoms with van der Waals surface area (Å²) in [6, 6.07) is 3.55. The van der Waals surface area contributed by atoms with E-state index in [0.29, 0.717) is 5.75 Å². The van der Waals surface area contributed by atoms with Crippen molar-refractivity contribution in [3.8, 4) is 0 Å². The molecule has 3 heteroatoms. The van der Waals surface area contributed by atoms with Crippen LogP contribution in [0, 0.1) is 0 Å².